The Labute approximate surface area is 155 Å². The van der Waals surface area contributed by atoms with Crippen molar-refractivity contribution in [3.8, 4) is 5.75 Å². The molecule has 1 aromatic carbocycles. The van der Waals surface area contributed by atoms with Crippen LogP contribution in [0.2, 0.25) is 0 Å². The van der Waals surface area contributed by atoms with Crippen LogP contribution in [-0.4, -0.2) is 43.7 Å². The summed E-state index contributed by atoms with van der Waals surface area (Å²) < 4.78 is 11.7. The van der Waals surface area contributed by atoms with Crippen molar-refractivity contribution in [2.45, 2.75) is 56.6 Å². The molecule has 2 aliphatic heterocycles. The highest BCUT2D eigenvalue weighted by Crippen LogP contribution is 2.43. The van der Waals surface area contributed by atoms with E-state index in [9.17, 15) is 4.79 Å². The molecular formula is C21H30N2O3. The summed E-state index contributed by atoms with van der Waals surface area (Å²) >= 11 is 0. The van der Waals surface area contributed by atoms with Gasteiger partial charge in [0.1, 0.15) is 5.75 Å². The van der Waals surface area contributed by atoms with Crippen LogP contribution < -0.4 is 10.5 Å². The van der Waals surface area contributed by atoms with Crippen molar-refractivity contribution in [2.75, 3.05) is 26.8 Å². The van der Waals surface area contributed by atoms with Gasteiger partial charge in [0.05, 0.1) is 19.3 Å². The minimum absolute atomic E-state index is 0.122. The van der Waals surface area contributed by atoms with Crippen molar-refractivity contribution < 1.29 is 14.3 Å². The van der Waals surface area contributed by atoms with Gasteiger partial charge in [0, 0.05) is 25.0 Å². The van der Waals surface area contributed by atoms with Gasteiger partial charge in [-0.3, -0.25) is 4.79 Å². The normalized spacial score (nSPS) is 27.8. The van der Waals surface area contributed by atoms with Gasteiger partial charge in [-0.2, -0.15) is 0 Å². The number of hydrogen-bond donors (Lipinski definition) is 1. The van der Waals surface area contributed by atoms with Crippen molar-refractivity contribution in [1.82, 2.24) is 4.90 Å². The molecule has 2 heterocycles. The number of nitrogens with zero attached hydrogens (tertiary/aromatic N) is 1. The fraction of sp³-hybridized carbons (Fsp3) is 0.667. The first-order valence-electron chi connectivity index (χ1n) is 9.97. The van der Waals surface area contributed by atoms with Crippen molar-refractivity contribution in [3.05, 3.63) is 29.3 Å². The van der Waals surface area contributed by atoms with Crippen LogP contribution >= 0.6 is 0 Å². The van der Waals surface area contributed by atoms with Crippen LogP contribution in [0.3, 0.4) is 0 Å². The van der Waals surface area contributed by atoms with Crippen LogP contribution in [-0.2, 0) is 21.6 Å². The molecule has 3 aliphatic rings. The number of hydrogen-bond acceptors (Lipinski definition) is 4. The molecule has 0 unspecified atom stereocenters. The van der Waals surface area contributed by atoms with Crippen LogP contribution in [0.1, 0.15) is 49.7 Å². The largest absolute Gasteiger partial charge is 0.497 e. The topological polar surface area (TPSA) is 64.8 Å². The van der Waals surface area contributed by atoms with E-state index in [1.54, 1.807) is 7.11 Å². The fourth-order valence-corrected chi connectivity index (χ4v) is 4.99. The second-order valence-electron chi connectivity index (χ2n) is 8.06. The summed E-state index contributed by atoms with van der Waals surface area (Å²) in [5, 5.41) is 0. The second-order valence-corrected chi connectivity index (χ2v) is 8.06. The number of piperidine rings is 1. The fourth-order valence-electron chi connectivity index (χ4n) is 4.99. The van der Waals surface area contributed by atoms with E-state index in [0.29, 0.717) is 5.91 Å². The van der Waals surface area contributed by atoms with Crippen LogP contribution in [0.25, 0.3) is 0 Å². The summed E-state index contributed by atoms with van der Waals surface area (Å²) in [5.74, 6) is 1.33. The Hall–Kier alpha value is -1.59. The lowest BCUT2D eigenvalue weighted by molar-refractivity contribution is -0.145. The summed E-state index contributed by atoms with van der Waals surface area (Å²) in [5.41, 5.74) is 8.46. The van der Waals surface area contributed by atoms with E-state index in [1.807, 2.05) is 6.07 Å². The maximum absolute atomic E-state index is 12.9. The summed E-state index contributed by atoms with van der Waals surface area (Å²) in [4.78, 5) is 15.0. The van der Waals surface area contributed by atoms with E-state index in [-0.39, 0.29) is 17.6 Å². The van der Waals surface area contributed by atoms with Crippen molar-refractivity contribution in [2.24, 2.45) is 11.7 Å². The molecule has 1 amide bonds. The molecule has 1 aromatic rings. The standard InChI is InChI=1S/C21H30N2O3/c1-25-18-5-6-19-15(14-18)7-12-26-21(19)8-10-23(11-9-21)20(24)16-3-2-4-17(22)13-16/h5-6,14,16-17H,2-4,7-13,22H2,1H3/t16-,17+/m1/s1. The van der Waals surface area contributed by atoms with Crippen molar-refractivity contribution in [3.63, 3.8) is 0 Å². The van der Waals surface area contributed by atoms with Gasteiger partial charge in [-0.25, -0.2) is 0 Å². The van der Waals surface area contributed by atoms with Gasteiger partial charge >= 0.3 is 0 Å². The Morgan fingerprint density at radius 1 is 1.31 bits per heavy atom. The van der Waals surface area contributed by atoms with E-state index in [2.05, 4.69) is 17.0 Å². The minimum Gasteiger partial charge on any atom is -0.497 e. The SMILES string of the molecule is COc1ccc2c(c1)CCOC21CCN(C(=O)[C@@H]2CCC[C@H](N)C2)CC1. The van der Waals surface area contributed by atoms with Gasteiger partial charge < -0.3 is 20.1 Å². The third kappa shape index (κ3) is 3.23. The molecule has 5 nitrogen and oxygen atoms in total. The molecule has 1 saturated heterocycles. The number of rotatable bonds is 2. The monoisotopic (exact) mass is 358 g/mol. The van der Waals surface area contributed by atoms with Gasteiger partial charge in [-0.1, -0.05) is 12.5 Å². The number of nitrogens with two attached hydrogens (primary N) is 1. The number of methoxy groups -OCH3 is 1. The maximum Gasteiger partial charge on any atom is 0.225 e. The summed E-state index contributed by atoms with van der Waals surface area (Å²) in [6.45, 7) is 2.29. The average molecular weight is 358 g/mol. The van der Waals surface area contributed by atoms with Gasteiger partial charge in [0.25, 0.3) is 0 Å². The van der Waals surface area contributed by atoms with E-state index in [1.165, 1.54) is 11.1 Å². The lowest BCUT2D eigenvalue weighted by Gasteiger charge is -2.46. The molecule has 2 atom stereocenters. The zero-order valence-electron chi connectivity index (χ0n) is 15.7. The first kappa shape index (κ1) is 17.8. The lowest BCUT2D eigenvalue weighted by atomic mass is 9.78. The smallest absolute Gasteiger partial charge is 0.225 e. The zero-order chi connectivity index (χ0) is 18.1. The predicted octanol–water partition coefficient (Wildman–Crippen LogP) is 2.60. The quantitative estimate of drug-likeness (QED) is 0.883. The molecule has 2 fully saturated rings. The van der Waals surface area contributed by atoms with E-state index < -0.39 is 0 Å². The van der Waals surface area contributed by atoms with Gasteiger partial charge in [0.15, 0.2) is 0 Å². The predicted molar refractivity (Wildman–Crippen MR) is 100 cm³/mol. The summed E-state index contributed by atoms with van der Waals surface area (Å²) in [6, 6.07) is 6.51. The Balaban J connectivity index is 1.46. The third-order valence-corrected chi connectivity index (χ3v) is 6.50. The first-order valence-corrected chi connectivity index (χ1v) is 9.97. The number of benzene rings is 1. The van der Waals surface area contributed by atoms with E-state index in [4.69, 9.17) is 15.2 Å². The van der Waals surface area contributed by atoms with Crippen LogP contribution in [0.4, 0.5) is 0 Å². The third-order valence-electron chi connectivity index (χ3n) is 6.50. The Bertz CT molecular complexity index is 667. The molecule has 1 saturated carbocycles. The van der Waals surface area contributed by atoms with E-state index >= 15 is 0 Å². The summed E-state index contributed by atoms with van der Waals surface area (Å²) in [7, 11) is 1.71. The average Bonchev–Trinajstić information content (AvgIpc) is 2.68. The molecule has 4 rings (SSSR count). The van der Waals surface area contributed by atoms with Gasteiger partial charge in [-0.05, 0) is 61.8 Å². The molecule has 1 aliphatic carbocycles. The number of likely N-dealkylation sites (tertiary alicyclic amines) is 1. The molecule has 0 radical (unpaired) electrons. The highest BCUT2D eigenvalue weighted by atomic mass is 16.5. The first-order chi connectivity index (χ1) is 12.6. The molecule has 5 heteroatoms. The van der Waals surface area contributed by atoms with Crippen LogP contribution in [0.5, 0.6) is 5.75 Å². The minimum atomic E-state index is -0.237. The Morgan fingerprint density at radius 3 is 2.85 bits per heavy atom. The van der Waals surface area contributed by atoms with Crippen molar-refractivity contribution in [1.29, 1.82) is 0 Å². The van der Waals surface area contributed by atoms with Crippen molar-refractivity contribution >= 4 is 5.91 Å². The van der Waals surface area contributed by atoms with Crippen LogP contribution in [0.15, 0.2) is 18.2 Å². The van der Waals surface area contributed by atoms with Gasteiger partial charge in [0.2, 0.25) is 5.91 Å². The molecule has 26 heavy (non-hydrogen) atoms. The number of amides is 1. The van der Waals surface area contributed by atoms with Crippen LogP contribution in [0, 0.1) is 5.92 Å². The van der Waals surface area contributed by atoms with Gasteiger partial charge in [-0.15, -0.1) is 0 Å². The molecule has 0 aromatic heterocycles. The molecular weight excluding hydrogens is 328 g/mol. The number of fused-ring (bicyclic) bond motifs is 2. The highest BCUT2D eigenvalue weighted by Gasteiger charge is 2.42. The summed E-state index contributed by atoms with van der Waals surface area (Å²) in [6.07, 6.45) is 6.64. The number of ether oxygens (including phenoxy) is 2. The Kier molecular flexibility index (Phi) is 4.93. The molecule has 142 valence electrons. The zero-order valence-corrected chi connectivity index (χ0v) is 15.7. The molecule has 2 N–H and O–H groups in total. The van der Waals surface area contributed by atoms with E-state index in [0.717, 1.165) is 70.4 Å². The highest BCUT2D eigenvalue weighted by molar-refractivity contribution is 5.79. The number of carbonyl (C=O) groups is 1. The maximum atomic E-state index is 12.9. The number of carbonyl (C=O) groups excluding carboxylic acids is 1. The second kappa shape index (κ2) is 7.20. The lowest BCUT2D eigenvalue weighted by Crippen LogP contribution is -2.50. The molecule has 0 bridgehead atoms. The molecule has 1 spiro atoms. The Morgan fingerprint density at radius 2 is 2.12 bits per heavy atom.